The lowest BCUT2D eigenvalue weighted by Gasteiger charge is -2.29. The van der Waals surface area contributed by atoms with Crippen molar-refractivity contribution in [1.82, 2.24) is 14.9 Å². The van der Waals surface area contributed by atoms with E-state index >= 15 is 0 Å². The minimum Gasteiger partial charge on any atom is -0.372 e. The number of likely N-dealkylation sites (tertiary alicyclic amines) is 1. The molecule has 1 unspecified atom stereocenters. The summed E-state index contributed by atoms with van der Waals surface area (Å²) in [7, 11) is 2.03. The number of rotatable bonds is 4. The van der Waals surface area contributed by atoms with Crippen LogP contribution in [-0.4, -0.2) is 47.0 Å². The fourth-order valence-electron chi connectivity index (χ4n) is 3.22. The Hall–Kier alpha value is -2.55. The largest absolute Gasteiger partial charge is 0.372 e. The number of likely N-dealkylation sites (N-methyl/N-ethyl adjacent to an activating group) is 1. The first-order valence-electron chi connectivity index (χ1n) is 7.50. The van der Waals surface area contributed by atoms with Crippen molar-refractivity contribution in [2.75, 3.05) is 25.0 Å². The summed E-state index contributed by atoms with van der Waals surface area (Å²) >= 11 is 0. The second-order valence-corrected chi connectivity index (χ2v) is 5.67. The number of hydrogen-bond acceptors (Lipinski definition) is 4. The van der Waals surface area contributed by atoms with E-state index in [2.05, 4.69) is 14.9 Å². The van der Waals surface area contributed by atoms with Crippen molar-refractivity contribution in [3.63, 3.8) is 0 Å². The monoisotopic (exact) mass is 297 g/mol. The second kappa shape index (κ2) is 6.06. The van der Waals surface area contributed by atoms with Crippen molar-refractivity contribution in [2.24, 2.45) is 0 Å². The van der Waals surface area contributed by atoms with Crippen LogP contribution in [0, 0.1) is 11.3 Å². The number of nitriles is 1. The lowest BCUT2D eigenvalue weighted by atomic mass is 10.2. The molecule has 1 aliphatic heterocycles. The third-order valence-corrected chi connectivity index (χ3v) is 4.26. The van der Waals surface area contributed by atoms with Crippen molar-refractivity contribution < 1.29 is 4.79 Å². The van der Waals surface area contributed by atoms with Gasteiger partial charge >= 0.3 is 0 Å². The maximum atomic E-state index is 12.0. The topological polar surface area (TPSA) is 76.0 Å². The van der Waals surface area contributed by atoms with Gasteiger partial charge in [-0.05, 0) is 25.0 Å². The highest BCUT2D eigenvalue weighted by Crippen LogP contribution is 2.26. The normalized spacial score (nSPS) is 17.6. The lowest BCUT2D eigenvalue weighted by Crippen LogP contribution is -2.42. The van der Waals surface area contributed by atoms with E-state index in [1.807, 2.05) is 36.3 Å². The number of hydrogen-bond donors (Lipinski definition) is 1. The Kier molecular flexibility index (Phi) is 3.96. The number of carbonyl (C=O) groups is 1. The van der Waals surface area contributed by atoms with Crippen molar-refractivity contribution in [3.8, 4) is 6.07 Å². The number of aromatic nitrogens is 2. The molecule has 0 saturated carbocycles. The van der Waals surface area contributed by atoms with Crippen LogP contribution >= 0.6 is 0 Å². The highest BCUT2D eigenvalue weighted by Gasteiger charge is 2.29. The molecule has 3 heterocycles. The average molecular weight is 297 g/mol. The molecule has 0 aliphatic carbocycles. The van der Waals surface area contributed by atoms with Gasteiger partial charge < -0.3 is 14.8 Å². The number of pyridine rings is 1. The maximum absolute atomic E-state index is 12.0. The molecule has 6 heteroatoms. The van der Waals surface area contributed by atoms with E-state index in [1.54, 1.807) is 6.20 Å². The fourth-order valence-corrected chi connectivity index (χ4v) is 3.22. The van der Waals surface area contributed by atoms with Gasteiger partial charge in [0.15, 0.2) is 0 Å². The van der Waals surface area contributed by atoms with Crippen LogP contribution < -0.4 is 4.90 Å². The van der Waals surface area contributed by atoms with Gasteiger partial charge in [0.2, 0.25) is 5.91 Å². The molecule has 0 spiro atoms. The molecule has 114 valence electrons. The number of anilines is 1. The number of aromatic amines is 1. The molecule has 22 heavy (non-hydrogen) atoms. The third-order valence-electron chi connectivity index (χ3n) is 4.26. The van der Waals surface area contributed by atoms with Crippen LogP contribution in [0.1, 0.15) is 19.3 Å². The van der Waals surface area contributed by atoms with Gasteiger partial charge in [0.1, 0.15) is 12.1 Å². The first-order chi connectivity index (χ1) is 10.7. The third kappa shape index (κ3) is 2.62. The molecule has 1 saturated heterocycles. The Labute approximate surface area is 129 Å². The second-order valence-electron chi connectivity index (χ2n) is 5.67. The first-order valence-corrected chi connectivity index (χ1v) is 7.50. The minimum atomic E-state index is -0.0556. The number of carbonyl (C=O) groups excluding carboxylic acids is 1. The predicted octanol–water partition coefficient (Wildman–Crippen LogP) is 1.90. The minimum absolute atomic E-state index is 0.0302. The van der Waals surface area contributed by atoms with E-state index in [4.69, 9.17) is 5.26 Å². The standard InChI is InChI=1S/C16H19N5O/c1-20(14-6-9-19-16-13(14)5-8-18-16)11-12-3-2-10-21(12)15(22)4-7-17/h5-6,8-9,12H,2-4,10-11H2,1H3,(H,18,19). The molecule has 0 bridgehead atoms. The first kappa shape index (κ1) is 14.4. The summed E-state index contributed by atoms with van der Waals surface area (Å²) < 4.78 is 0. The summed E-state index contributed by atoms with van der Waals surface area (Å²) in [5, 5.41) is 9.80. The molecule has 1 N–H and O–H groups in total. The van der Waals surface area contributed by atoms with Gasteiger partial charge in [-0.3, -0.25) is 4.79 Å². The smallest absolute Gasteiger partial charge is 0.237 e. The van der Waals surface area contributed by atoms with Crippen LogP contribution in [0.3, 0.4) is 0 Å². The van der Waals surface area contributed by atoms with Crippen molar-refractivity contribution in [3.05, 3.63) is 24.5 Å². The number of H-pyrrole nitrogens is 1. The van der Waals surface area contributed by atoms with Crippen molar-refractivity contribution in [2.45, 2.75) is 25.3 Å². The van der Waals surface area contributed by atoms with E-state index in [0.717, 1.165) is 42.7 Å². The number of nitrogens with zero attached hydrogens (tertiary/aromatic N) is 4. The van der Waals surface area contributed by atoms with Crippen LogP contribution in [0.5, 0.6) is 0 Å². The molecule has 0 radical (unpaired) electrons. The van der Waals surface area contributed by atoms with Gasteiger partial charge in [-0.1, -0.05) is 0 Å². The Morgan fingerprint density at radius 2 is 2.45 bits per heavy atom. The predicted molar refractivity (Wildman–Crippen MR) is 84.3 cm³/mol. The molecule has 1 atom stereocenters. The fraction of sp³-hybridized carbons (Fsp3) is 0.438. The van der Waals surface area contributed by atoms with Gasteiger partial charge in [0, 0.05) is 49.6 Å². The van der Waals surface area contributed by atoms with Gasteiger partial charge in [-0.25, -0.2) is 4.98 Å². The van der Waals surface area contributed by atoms with Crippen molar-refractivity contribution >= 4 is 22.6 Å². The summed E-state index contributed by atoms with van der Waals surface area (Å²) in [4.78, 5) is 23.5. The summed E-state index contributed by atoms with van der Waals surface area (Å²) in [6.07, 6.45) is 5.64. The molecule has 3 rings (SSSR count). The maximum Gasteiger partial charge on any atom is 0.237 e. The van der Waals surface area contributed by atoms with E-state index in [0.29, 0.717) is 0 Å². The van der Waals surface area contributed by atoms with Crippen molar-refractivity contribution in [1.29, 1.82) is 5.26 Å². The molecule has 0 aromatic carbocycles. The molecule has 6 nitrogen and oxygen atoms in total. The molecule has 1 amide bonds. The van der Waals surface area contributed by atoms with Crippen LogP contribution in [0.25, 0.3) is 11.0 Å². The van der Waals surface area contributed by atoms with Gasteiger partial charge in [-0.15, -0.1) is 0 Å². The van der Waals surface area contributed by atoms with E-state index < -0.39 is 0 Å². The zero-order valence-corrected chi connectivity index (χ0v) is 12.6. The molecule has 2 aromatic heterocycles. The highest BCUT2D eigenvalue weighted by atomic mass is 16.2. The molecular weight excluding hydrogens is 278 g/mol. The highest BCUT2D eigenvalue weighted by molar-refractivity contribution is 5.89. The van der Waals surface area contributed by atoms with Crippen LogP contribution in [-0.2, 0) is 4.79 Å². The number of fused-ring (bicyclic) bond motifs is 1. The van der Waals surface area contributed by atoms with E-state index in [9.17, 15) is 4.79 Å². The summed E-state index contributed by atoms with van der Waals surface area (Å²) in [5.74, 6) is -0.0556. The molecule has 2 aromatic rings. The molecule has 1 fully saturated rings. The van der Waals surface area contributed by atoms with Crippen LogP contribution in [0.15, 0.2) is 24.5 Å². The van der Waals surface area contributed by atoms with E-state index in [1.165, 1.54) is 0 Å². The Morgan fingerprint density at radius 1 is 1.59 bits per heavy atom. The summed E-state index contributed by atoms with van der Waals surface area (Å²) in [5.41, 5.74) is 1.97. The number of amides is 1. The Balaban J connectivity index is 1.76. The SMILES string of the molecule is CN(CC1CCCN1C(=O)CC#N)c1ccnc2[nH]ccc12. The van der Waals surface area contributed by atoms with Crippen LogP contribution in [0.4, 0.5) is 5.69 Å². The zero-order valence-electron chi connectivity index (χ0n) is 12.6. The summed E-state index contributed by atoms with van der Waals surface area (Å²) in [6.45, 7) is 1.52. The average Bonchev–Trinajstić information content (AvgIpc) is 3.15. The summed E-state index contributed by atoms with van der Waals surface area (Å²) in [6, 6.07) is 6.14. The lowest BCUT2D eigenvalue weighted by molar-refractivity contribution is -0.130. The van der Waals surface area contributed by atoms with Crippen LogP contribution in [0.2, 0.25) is 0 Å². The molecule has 1 aliphatic rings. The van der Waals surface area contributed by atoms with Gasteiger partial charge in [-0.2, -0.15) is 5.26 Å². The quantitative estimate of drug-likeness (QED) is 0.935. The Bertz CT molecular complexity index is 717. The zero-order chi connectivity index (χ0) is 15.5. The van der Waals surface area contributed by atoms with Gasteiger partial charge in [0.25, 0.3) is 0 Å². The Morgan fingerprint density at radius 3 is 3.27 bits per heavy atom. The van der Waals surface area contributed by atoms with Gasteiger partial charge in [0.05, 0.1) is 6.07 Å². The molecular formula is C16H19N5O. The van der Waals surface area contributed by atoms with E-state index in [-0.39, 0.29) is 18.4 Å². The number of nitrogens with one attached hydrogen (secondary N) is 1.